The highest BCUT2D eigenvalue weighted by Crippen LogP contribution is 2.60. The van der Waals surface area contributed by atoms with E-state index in [4.69, 9.17) is 9.47 Å². The Balaban J connectivity index is 1.15. The molecule has 0 spiro atoms. The van der Waals surface area contributed by atoms with E-state index in [1.165, 1.54) is 0 Å². The number of nitrogens with one attached hydrogen (secondary N) is 2. The SMILES string of the molecule is O=C(COc1ccc(C(F)(F)F)nc1)NC12CC(NC(=O)COc3ccc(C(F)(F)F)nc3)(C1)C2. The molecule has 14 heteroatoms. The van der Waals surface area contributed by atoms with Gasteiger partial charge in [0.05, 0.1) is 12.4 Å². The summed E-state index contributed by atoms with van der Waals surface area (Å²) in [4.78, 5) is 30.7. The average Bonchev–Trinajstić information content (AvgIpc) is 2.73. The minimum absolute atomic E-state index is 0.0118. The third-order valence-corrected chi connectivity index (χ3v) is 5.63. The van der Waals surface area contributed by atoms with E-state index >= 15 is 0 Å². The molecule has 35 heavy (non-hydrogen) atoms. The first-order chi connectivity index (χ1) is 16.3. The molecule has 0 aliphatic heterocycles. The van der Waals surface area contributed by atoms with Crippen LogP contribution in [0.3, 0.4) is 0 Å². The number of hydrogen-bond acceptors (Lipinski definition) is 6. The van der Waals surface area contributed by atoms with Gasteiger partial charge in [-0.1, -0.05) is 0 Å². The summed E-state index contributed by atoms with van der Waals surface area (Å²) in [5.41, 5.74) is -3.14. The first-order valence-electron chi connectivity index (χ1n) is 10.2. The van der Waals surface area contributed by atoms with Crippen molar-refractivity contribution in [3.8, 4) is 11.5 Å². The van der Waals surface area contributed by atoms with Gasteiger partial charge in [-0.2, -0.15) is 26.3 Å². The number of carbonyl (C=O) groups is 2. The molecule has 2 aromatic rings. The van der Waals surface area contributed by atoms with Gasteiger partial charge in [0.1, 0.15) is 22.9 Å². The van der Waals surface area contributed by atoms with Gasteiger partial charge in [-0.05, 0) is 43.5 Å². The Morgan fingerprint density at radius 1 is 0.743 bits per heavy atom. The zero-order valence-electron chi connectivity index (χ0n) is 17.8. The number of rotatable bonds is 8. The van der Waals surface area contributed by atoms with Crippen LogP contribution in [0.1, 0.15) is 30.7 Å². The Kier molecular flexibility index (Phi) is 6.01. The van der Waals surface area contributed by atoms with Gasteiger partial charge in [0.25, 0.3) is 11.8 Å². The van der Waals surface area contributed by atoms with Crippen molar-refractivity contribution >= 4 is 11.8 Å². The lowest BCUT2D eigenvalue weighted by Crippen LogP contribution is -2.84. The van der Waals surface area contributed by atoms with Crippen molar-refractivity contribution in [1.29, 1.82) is 0 Å². The van der Waals surface area contributed by atoms with E-state index in [9.17, 15) is 35.9 Å². The summed E-state index contributed by atoms with van der Waals surface area (Å²) in [7, 11) is 0. The number of pyridine rings is 2. The topological polar surface area (TPSA) is 102 Å². The highest BCUT2D eigenvalue weighted by molar-refractivity contribution is 5.81. The van der Waals surface area contributed by atoms with Gasteiger partial charge in [-0.25, -0.2) is 9.97 Å². The Labute approximate surface area is 194 Å². The highest BCUT2D eigenvalue weighted by atomic mass is 19.4. The molecule has 8 nitrogen and oxygen atoms in total. The molecular weight excluding hydrogens is 486 g/mol. The zero-order valence-corrected chi connectivity index (χ0v) is 17.8. The number of nitrogens with zero attached hydrogens (tertiary/aromatic N) is 2. The van der Waals surface area contributed by atoms with Crippen LogP contribution in [0, 0.1) is 0 Å². The minimum Gasteiger partial charge on any atom is -0.482 e. The van der Waals surface area contributed by atoms with Crippen LogP contribution in [0.15, 0.2) is 36.7 Å². The number of ether oxygens (including phenoxy) is 2. The second kappa shape index (κ2) is 8.57. The summed E-state index contributed by atoms with van der Waals surface area (Å²) < 4.78 is 85.4. The van der Waals surface area contributed by atoms with Crippen LogP contribution in [0.5, 0.6) is 11.5 Å². The molecular formula is C21H18F6N4O4. The van der Waals surface area contributed by atoms with Gasteiger partial charge in [0.2, 0.25) is 0 Å². The van der Waals surface area contributed by atoms with Crippen LogP contribution < -0.4 is 20.1 Å². The Morgan fingerprint density at radius 2 is 1.11 bits per heavy atom. The highest BCUT2D eigenvalue weighted by Gasteiger charge is 2.69. The second-order valence-electron chi connectivity index (χ2n) is 8.52. The van der Waals surface area contributed by atoms with Crippen LogP contribution in [0.2, 0.25) is 0 Å². The van der Waals surface area contributed by atoms with E-state index in [0.29, 0.717) is 19.3 Å². The van der Waals surface area contributed by atoms with Gasteiger partial charge in [-0.15, -0.1) is 0 Å². The molecule has 5 rings (SSSR count). The summed E-state index contributed by atoms with van der Waals surface area (Å²) in [5, 5.41) is 5.58. The summed E-state index contributed by atoms with van der Waals surface area (Å²) in [6.45, 7) is -0.827. The molecule has 0 aromatic carbocycles. The molecule has 3 aliphatic rings. The molecule has 3 aliphatic carbocycles. The molecule has 3 saturated carbocycles. The molecule has 2 aromatic heterocycles. The van der Waals surface area contributed by atoms with Gasteiger partial charge in [0, 0.05) is 11.1 Å². The maximum absolute atomic E-state index is 12.5. The van der Waals surface area contributed by atoms with E-state index in [1.54, 1.807) is 0 Å². The Hall–Kier alpha value is -3.58. The molecule has 2 bridgehead atoms. The molecule has 2 heterocycles. The van der Waals surface area contributed by atoms with Gasteiger partial charge in [-0.3, -0.25) is 9.59 Å². The van der Waals surface area contributed by atoms with Crippen LogP contribution in [-0.4, -0.2) is 46.1 Å². The fourth-order valence-corrected chi connectivity index (χ4v) is 4.28. The number of hydrogen-bond donors (Lipinski definition) is 2. The van der Waals surface area contributed by atoms with Crippen LogP contribution in [-0.2, 0) is 21.9 Å². The standard InChI is InChI=1S/C21H18F6N4O4/c22-20(23,24)14-3-1-12(5-28-14)34-7-16(32)30-18-9-19(10-18,11-18)31-17(33)8-35-13-2-4-15(29-6-13)21(25,26)27/h1-6H,7-11H2,(H,30,32)(H,31,33). The Bertz CT molecular complexity index is 998. The van der Waals surface area contributed by atoms with Crippen LogP contribution in [0.4, 0.5) is 26.3 Å². The fourth-order valence-electron chi connectivity index (χ4n) is 4.28. The van der Waals surface area contributed by atoms with Gasteiger partial charge in [0.15, 0.2) is 13.2 Å². The number of halogens is 6. The first-order valence-corrected chi connectivity index (χ1v) is 10.2. The number of amides is 2. The molecule has 2 N–H and O–H groups in total. The summed E-state index contributed by atoms with van der Waals surface area (Å²) in [6, 6.07) is 3.63. The van der Waals surface area contributed by atoms with Crippen LogP contribution >= 0.6 is 0 Å². The smallest absolute Gasteiger partial charge is 0.433 e. The molecule has 0 unspecified atom stereocenters. The fraction of sp³-hybridized carbons (Fsp3) is 0.429. The summed E-state index contributed by atoms with van der Waals surface area (Å²) >= 11 is 0. The lowest BCUT2D eigenvalue weighted by atomic mass is 9.44. The average molecular weight is 504 g/mol. The van der Waals surface area contributed by atoms with Crippen LogP contribution in [0.25, 0.3) is 0 Å². The van der Waals surface area contributed by atoms with Crippen molar-refractivity contribution in [3.63, 3.8) is 0 Å². The number of alkyl halides is 6. The largest absolute Gasteiger partial charge is 0.482 e. The van der Waals surface area contributed by atoms with Crippen molar-refractivity contribution in [3.05, 3.63) is 48.0 Å². The maximum Gasteiger partial charge on any atom is 0.433 e. The van der Waals surface area contributed by atoms with E-state index in [2.05, 4.69) is 20.6 Å². The number of aromatic nitrogens is 2. The van der Waals surface area contributed by atoms with Crippen molar-refractivity contribution in [1.82, 2.24) is 20.6 Å². The van der Waals surface area contributed by atoms with Crippen molar-refractivity contribution in [2.75, 3.05) is 13.2 Å². The molecule has 188 valence electrons. The molecule has 0 radical (unpaired) electrons. The first kappa shape index (κ1) is 24.5. The van der Waals surface area contributed by atoms with E-state index in [0.717, 1.165) is 36.7 Å². The van der Waals surface area contributed by atoms with Crippen molar-refractivity contribution < 1.29 is 45.4 Å². The van der Waals surface area contributed by atoms with Crippen molar-refractivity contribution in [2.24, 2.45) is 0 Å². The predicted molar refractivity (Wildman–Crippen MR) is 105 cm³/mol. The minimum atomic E-state index is -4.57. The predicted octanol–water partition coefficient (Wildman–Crippen LogP) is 2.88. The summed E-state index contributed by atoms with van der Waals surface area (Å²) in [5.74, 6) is -0.916. The van der Waals surface area contributed by atoms with Gasteiger partial charge >= 0.3 is 12.4 Å². The van der Waals surface area contributed by atoms with E-state index in [1.807, 2.05) is 0 Å². The lowest BCUT2D eigenvalue weighted by molar-refractivity contribution is -0.151. The quantitative estimate of drug-likeness (QED) is 0.537. The second-order valence-corrected chi connectivity index (χ2v) is 8.52. The van der Waals surface area contributed by atoms with Crippen molar-refractivity contribution in [2.45, 2.75) is 42.7 Å². The Morgan fingerprint density at radius 3 is 1.40 bits per heavy atom. The third kappa shape index (κ3) is 5.57. The summed E-state index contributed by atoms with van der Waals surface area (Å²) in [6.07, 6.45) is -5.97. The zero-order chi connectivity index (χ0) is 25.5. The third-order valence-electron chi connectivity index (χ3n) is 5.63. The van der Waals surface area contributed by atoms with E-state index < -0.39 is 59.8 Å². The lowest BCUT2D eigenvalue weighted by Gasteiger charge is -2.70. The molecule has 0 atom stereocenters. The van der Waals surface area contributed by atoms with E-state index in [-0.39, 0.29) is 11.5 Å². The molecule has 2 amide bonds. The molecule has 0 saturated heterocycles. The maximum atomic E-state index is 12.5. The number of carbonyl (C=O) groups excluding carboxylic acids is 2. The normalized spacial score (nSPS) is 22.9. The monoisotopic (exact) mass is 504 g/mol. The van der Waals surface area contributed by atoms with Gasteiger partial charge < -0.3 is 20.1 Å². The molecule has 3 fully saturated rings.